The first-order valence-electron chi connectivity index (χ1n) is 6.44. The van der Waals surface area contributed by atoms with Gasteiger partial charge in [-0.25, -0.2) is 4.98 Å². The standard InChI is InChI=1S/C15H17N3S/c1-11-5-3-4-6-14(11)12(2)16-9-13-10-18-7-8-19-15(18)17-13/h3-8,10,12,16H,9H2,1-2H3. The van der Waals surface area contributed by atoms with Gasteiger partial charge in [-0.3, -0.25) is 4.40 Å². The summed E-state index contributed by atoms with van der Waals surface area (Å²) in [6, 6.07) is 8.84. The van der Waals surface area contributed by atoms with Gasteiger partial charge in [0.1, 0.15) is 0 Å². The molecule has 1 atom stereocenters. The van der Waals surface area contributed by atoms with Gasteiger partial charge in [0.2, 0.25) is 0 Å². The molecule has 2 heterocycles. The van der Waals surface area contributed by atoms with Crippen molar-refractivity contribution in [3.63, 3.8) is 0 Å². The Bertz CT molecular complexity index is 655. The fourth-order valence-corrected chi connectivity index (χ4v) is 3.02. The highest BCUT2D eigenvalue weighted by atomic mass is 32.1. The number of aromatic nitrogens is 2. The Morgan fingerprint density at radius 3 is 3.00 bits per heavy atom. The van der Waals surface area contributed by atoms with Crippen LogP contribution in [0.25, 0.3) is 4.96 Å². The first-order chi connectivity index (χ1) is 9.24. The smallest absolute Gasteiger partial charge is 0.193 e. The molecule has 1 aromatic carbocycles. The quantitative estimate of drug-likeness (QED) is 0.786. The van der Waals surface area contributed by atoms with E-state index in [-0.39, 0.29) is 0 Å². The minimum absolute atomic E-state index is 0.334. The van der Waals surface area contributed by atoms with Crippen LogP contribution in [0.5, 0.6) is 0 Å². The Hall–Kier alpha value is -1.65. The SMILES string of the molecule is Cc1ccccc1C(C)NCc1cn2ccsc2n1. The maximum Gasteiger partial charge on any atom is 0.193 e. The second-order valence-electron chi connectivity index (χ2n) is 4.78. The van der Waals surface area contributed by atoms with E-state index in [1.165, 1.54) is 11.1 Å². The van der Waals surface area contributed by atoms with Gasteiger partial charge in [0.15, 0.2) is 4.96 Å². The van der Waals surface area contributed by atoms with Crippen LogP contribution < -0.4 is 5.32 Å². The fourth-order valence-electron chi connectivity index (χ4n) is 2.30. The first kappa shape index (κ1) is 12.4. The van der Waals surface area contributed by atoms with Crippen LogP contribution in [0, 0.1) is 6.92 Å². The third-order valence-corrected chi connectivity index (χ3v) is 4.16. The van der Waals surface area contributed by atoms with Gasteiger partial charge in [-0.1, -0.05) is 24.3 Å². The average Bonchev–Trinajstić information content (AvgIpc) is 2.97. The minimum Gasteiger partial charge on any atom is -0.304 e. The van der Waals surface area contributed by atoms with Gasteiger partial charge in [0.25, 0.3) is 0 Å². The Labute approximate surface area is 116 Å². The molecule has 2 aromatic heterocycles. The molecule has 3 rings (SSSR count). The number of fused-ring (bicyclic) bond motifs is 1. The van der Waals surface area contributed by atoms with Gasteiger partial charge in [0.05, 0.1) is 5.69 Å². The summed E-state index contributed by atoms with van der Waals surface area (Å²) in [5.74, 6) is 0. The predicted octanol–water partition coefficient (Wildman–Crippen LogP) is 3.56. The molecular formula is C15H17N3S. The number of benzene rings is 1. The predicted molar refractivity (Wildman–Crippen MR) is 79.5 cm³/mol. The lowest BCUT2D eigenvalue weighted by Crippen LogP contribution is -2.19. The molecule has 1 N–H and O–H groups in total. The average molecular weight is 271 g/mol. The summed E-state index contributed by atoms with van der Waals surface area (Å²) < 4.78 is 2.07. The van der Waals surface area contributed by atoms with Crippen LogP contribution in [-0.4, -0.2) is 9.38 Å². The molecule has 0 spiro atoms. The fraction of sp³-hybridized carbons (Fsp3) is 0.267. The molecule has 0 bridgehead atoms. The zero-order valence-corrected chi connectivity index (χ0v) is 11.9. The minimum atomic E-state index is 0.334. The van der Waals surface area contributed by atoms with E-state index in [1.807, 2.05) is 6.20 Å². The first-order valence-corrected chi connectivity index (χ1v) is 7.32. The molecule has 0 amide bonds. The van der Waals surface area contributed by atoms with E-state index in [1.54, 1.807) is 11.3 Å². The summed E-state index contributed by atoms with van der Waals surface area (Å²) in [5, 5.41) is 5.59. The molecule has 0 aliphatic heterocycles. The van der Waals surface area contributed by atoms with Crippen LogP contribution in [0.15, 0.2) is 42.0 Å². The highest BCUT2D eigenvalue weighted by Crippen LogP contribution is 2.17. The Balaban J connectivity index is 1.69. The van der Waals surface area contributed by atoms with Crippen molar-refractivity contribution >= 4 is 16.3 Å². The zero-order chi connectivity index (χ0) is 13.2. The Morgan fingerprint density at radius 1 is 1.37 bits per heavy atom. The van der Waals surface area contributed by atoms with Crippen molar-refractivity contribution in [2.45, 2.75) is 26.4 Å². The van der Waals surface area contributed by atoms with Crippen molar-refractivity contribution in [2.24, 2.45) is 0 Å². The molecule has 3 nitrogen and oxygen atoms in total. The molecule has 0 fully saturated rings. The second-order valence-corrected chi connectivity index (χ2v) is 5.66. The number of hydrogen-bond acceptors (Lipinski definition) is 3. The van der Waals surface area contributed by atoms with Gasteiger partial charge in [-0.15, -0.1) is 11.3 Å². The van der Waals surface area contributed by atoms with E-state index in [9.17, 15) is 0 Å². The van der Waals surface area contributed by atoms with Crippen LogP contribution >= 0.6 is 11.3 Å². The van der Waals surface area contributed by atoms with Crippen LogP contribution in [0.1, 0.15) is 29.8 Å². The molecule has 0 aliphatic carbocycles. The lowest BCUT2D eigenvalue weighted by atomic mass is 10.0. The van der Waals surface area contributed by atoms with Gasteiger partial charge >= 0.3 is 0 Å². The van der Waals surface area contributed by atoms with Crippen molar-refractivity contribution in [1.82, 2.24) is 14.7 Å². The number of nitrogens with zero attached hydrogens (tertiary/aromatic N) is 2. The van der Waals surface area contributed by atoms with Crippen molar-refractivity contribution in [3.8, 4) is 0 Å². The molecule has 3 aromatic rings. The van der Waals surface area contributed by atoms with E-state index in [2.05, 4.69) is 64.4 Å². The lowest BCUT2D eigenvalue weighted by molar-refractivity contribution is 0.567. The van der Waals surface area contributed by atoms with Crippen LogP contribution in [0.2, 0.25) is 0 Å². The van der Waals surface area contributed by atoms with Crippen molar-refractivity contribution in [3.05, 3.63) is 58.9 Å². The number of aryl methyl sites for hydroxylation is 1. The van der Waals surface area contributed by atoms with Gasteiger partial charge < -0.3 is 5.32 Å². The monoisotopic (exact) mass is 271 g/mol. The normalized spacial score (nSPS) is 12.9. The van der Waals surface area contributed by atoms with E-state index in [4.69, 9.17) is 0 Å². The maximum atomic E-state index is 4.58. The van der Waals surface area contributed by atoms with Gasteiger partial charge in [-0.05, 0) is 25.0 Å². The number of nitrogens with one attached hydrogen (secondary N) is 1. The lowest BCUT2D eigenvalue weighted by Gasteiger charge is -2.15. The summed E-state index contributed by atoms with van der Waals surface area (Å²) in [4.78, 5) is 5.64. The van der Waals surface area contributed by atoms with Crippen LogP contribution in [0.3, 0.4) is 0 Å². The molecule has 0 saturated carbocycles. The molecule has 0 saturated heterocycles. The zero-order valence-electron chi connectivity index (χ0n) is 11.1. The van der Waals surface area contributed by atoms with Gasteiger partial charge in [-0.2, -0.15) is 0 Å². The van der Waals surface area contributed by atoms with E-state index >= 15 is 0 Å². The summed E-state index contributed by atoms with van der Waals surface area (Å²) in [6.07, 6.45) is 4.13. The van der Waals surface area contributed by atoms with Crippen LogP contribution in [0.4, 0.5) is 0 Å². The van der Waals surface area contributed by atoms with Gasteiger partial charge in [0, 0.05) is 30.4 Å². The summed E-state index contributed by atoms with van der Waals surface area (Å²) in [5.41, 5.74) is 3.77. The van der Waals surface area contributed by atoms with Crippen molar-refractivity contribution in [2.75, 3.05) is 0 Å². The Kier molecular flexibility index (Phi) is 3.36. The molecule has 98 valence electrons. The highest BCUT2D eigenvalue weighted by molar-refractivity contribution is 7.15. The third kappa shape index (κ3) is 2.55. The largest absolute Gasteiger partial charge is 0.304 e. The molecular weight excluding hydrogens is 254 g/mol. The third-order valence-electron chi connectivity index (χ3n) is 3.39. The summed E-state index contributed by atoms with van der Waals surface area (Å²) >= 11 is 1.67. The topological polar surface area (TPSA) is 29.3 Å². The molecule has 0 radical (unpaired) electrons. The van der Waals surface area contributed by atoms with Crippen molar-refractivity contribution in [1.29, 1.82) is 0 Å². The number of thiazole rings is 1. The number of rotatable bonds is 4. The second kappa shape index (κ2) is 5.15. The Morgan fingerprint density at radius 2 is 2.21 bits per heavy atom. The summed E-state index contributed by atoms with van der Waals surface area (Å²) in [7, 11) is 0. The highest BCUT2D eigenvalue weighted by Gasteiger charge is 2.08. The number of hydrogen-bond donors (Lipinski definition) is 1. The molecule has 0 aliphatic rings. The maximum absolute atomic E-state index is 4.58. The van der Waals surface area contributed by atoms with E-state index < -0.39 is 0 Å². The summed E-state index contributed by atoms with van der Waals surface area (Å²) in [6.45, 7) is 5.14. The van der Waals surface area contributed by atoms with E-state index in [0.717, 1.165) is 17.2 Å². The van der Waals surface area contributed by atoms with Crippen LogP contribution in [-0.2, 0) is 6.54 Å². The molecule has 19 heavy (non-hydrogen) atoms. The molecule has 4 heteroatoms. The van der Waals surface area contributed by atoms with E-state index in [0.29, 0.717) is 6.04 Å². The molecule has 1 unspecified atom stereocenters. The van der Waals surface area contributed by atoms with Crippen molar-refractivity contribution < 1.29 is 0 Å². The number of imidazole rings is 1.